The smallest absolute Gasteiger partial charge is 0.356 e. The van der Waals surface area contributed by atoms with Crippen molar-refractivity contribution < 1.29 is 9.53 Å². The maximum atomic E-state index is 11.3. The van der Waals surface area contributed by atoms with Gasteiger partial charge in [-0.2, -0.15) is 5.10 Å². The molecule has 0 bridgehead atoms. The molecule has 14 heavy (non-hydrogen) atoms. The number of esters is 1. The second-order valence-electron chi connectivity index (χ2n) is 2.55. The van der Waals surface area contributed by atoms with Gasteiger partial charge in [-0.15, -0.1) is 0 Å². The Morgan fingerprint density at radius 3 is 3.07 bits per heavy atom. The van der Waals surface area contributed by atoms with Gasteiger partial charge in [-0.05, 0) is 12.1 Å². The maximum absolute atomic E-state index is 11.3. The number of aromatic nitrogens is 3. The molecule has 72 valence electrons. The molecule has 0 fully saturated rings. The molecule has 0 saturated heterocycles. The Hall–Kier alpha value is -1.62. The summed E-state index contributed by atoms with van der Waals surface area (Å²) >= 11 is 5.84. The zero-order valence-corrected chi connectivity index (χ0v) is 8.02. The molecule has 0 aromatic carbocycles. The zero-order valence-electron chi connectivity index (χ0n) is 7.27. The van der Waals surface area contributed by atoms with Gasteiger partial charge in [0.1, 0.15) is 6.33 Å². The van der Waals surface area contributed by atoms with Crippen LogP contribution in [0.25, 0.3) is 5.65 Å². The monoisotopic (exact) mass is 211 g/mol. The number of nitrogens with zero attached hydrogens (tertiary/aromatic N) is 3. The van der Waals surface area contributed by atoms with Crippen molar-refractivity contribution >= 4 is 23.2 Å². The minimum Gasteiger partial charge on any atom is -0.464 e. The third-order valence-corrected chi connectivity index (χ3v) is 2.07. The highest BCUT2D eigenvalue weighted by Crippen LogP contribution is 2.16. The number of halogens is 1. The Labute approximate surface area is 84.3 Å². The summed E-state index contributed by atoms with van der Waals surface area (Å²) < 4.78 is 5.92. The average Bonchev–Trinajstić information content (AvgIpc) is 2.67. The number of hydrogen-bond acceptors (Lipinski definition) is 4. The lowest BCUT2D eigenvalue weighted by Gasteiger charge is -2.01. The van der Waals surface area contributed by atoms with Crippen LogP contribution >= 0.6 is 11.6 Å². The zero-order chi connectivity index (χ0) is 10.1. The molecule has 2 aromatic heterocycles. The van der Waals surface area contributed by atoms with Gasteiger partial charge in [0.05, 0.1) is 12.1 Å². The number of pyridine rings is 1. The fourth-order valence-corrected chi connectivity index (χ4v) is 1.33. The summed E-state index contributed by atoms with van der Waals surface area (Å²) in [5.41, 5.74) is 0.735. The second-order valence-corrected chi connectivity index (χ2v) is 2.96. The van der Waals surface area contributed by atoms with Crippen molar-refractivity contribution in [2.24, 2.45) is 0 Å². The van der Waals surface area contributed by atoms with E-state index in [1.807, 2.05) is 0 Å². The van der Waals surface area contributed by atoms with Crippen LogP contribution in [-0.2, 0) is 4.74 Å². The SMILES string of the molecule is COC(=O)c1ccc(Cl)c2ncnn12. The number of hydrogen-bond donors (Lipinski definition) is 0. The number of methoxy groups -OCH3 is 1. The molecule has 2 rings (SSSR count). The Bertz CT molecular complexity index is 494. The van der Waals surface area contributed by atoms with Crippen molar-refractivity contribution in [3.63, 3.8) is 0 Å². The van der Waals surface area contributed by atoms with Crippen LogP contribution in [0.15, 0.2) is 18.5 Å². The molecule has 6 heteroatoms. The van der Waals surface area contributed by atoms with Gasteiger partial charge < -0.3 is 4.74 Å². The van der Waals surface area contributed by atoms with E-state index in [0.717, 1.165) is 0 Å². The molecular weight excluding hydrogens is 206 g/mol. The van der Waals surface area contributed by atoms with E-state index in [2.05, 4.69) is 14.8 Å². The predicted molar refractivity (Wildman–Crippen MR) is 49.3 cm³/mol. The summed E-state index contributed by atoms with van der Waals surface area (Å²) in [6, 6.07) is 3.12. The van der Waals surface area contributed by atoms with Gasteiger partial charge in [-0.3, -0.25) is 0 Å². The van der Waals surface area contributed by atoms with Crippen molar-refractivity contribution in [3.05, 3.63) is 29.2 Å². The molecule has 0 aliphatic rings. The van der Waals surface area contributed by atoms with E-state index in [1.54, 1.807) is 6.07 Å². The van der Waals surface area contributed by atoms with Crippen LogP contribution < -0.4 is 0 Å². The van der Waals surface area contributed by atoms with Crippen LogP contribution in [0, 0.1) is 0 Å². The van der Waals surface area contributed by atoms with Gasteiger partial charge >= 0.3 is 5.97 Å². The first-order chi connectivity index (χ1) is 6.74. The molecule has 0 amide bonds. The number of rotatable bonds is 1. The van der Waals surface area contributed by atoms with E-state index in [4.69, 9.17) is 11.6 Å². The third-order valence-electron chi connectivity index (χ3n) is 1.77. The molecule has 0 radical (unpaired) electrons. The summed E-state index contributed by atoms with van der Waals surface area (Å²) in [7, 11) is 1.31. The maximum Gasteiger partial charge on any atom is 0.356 e. The Morgan fingerprint density at radius 1 is 1.57 bits per heavy atom. The van der Waals surface area contributed by atoms with Crippen LogP contribution in [0.2, 0.25) is 5.02 Å². The highest BCUT2D eigenvalue weighted by atomic mass is 35.5. The fraction of sp³-hybridized carbons (Fsp3) is 0.125. The normalized spacial score (nSPS) is 10.4. The summed E-state index contributed by atoms with van der Waals surface area (Å²) in [5.74, 6) is -0.475. The van der Waals surface area contributed by atoms with Gasteiger partial charge in [0.2, 0.25) is 0 Å². The van der Waals surface area contributed by atoms with Crippen LogP contribution in [-0.4, -0.2) is 27.7 Å². The molecule has 2 aromatic rings. The summed E-state index contributed by atoms with van der Waals surface area (Å²) in [5, 5.41) is 4.31. The van der Waals surface area contributed by atoms with Gasteiger partial charge in [0, 0.05) is 0 Å². The summed E-state index contributed by atoms with van der Waals surface area (Å²) in [6.45, 7) is 0. The van der Waals surface area contributed by atoms with Crippen molar-refractivity contribution in [2.45, 2.75) is 0 Å². The molecule has 0 unspecified atom stereocenters. The van der Waals surface area contributed by atoms with Gasteiger partial charge in [-0.1, -0.05) is 11.6 Å². The Kier molecular flexibility index (Phi) is 2.09. The minimum absolute atomic E-state index is 0.296. The number of ether oxygens (including phenoxy) is 1. The van der Waals surface area contributed by atoms with Crippen molar-refractivity contribution in [2.75, 3.05) is 7.11 Å². The first-order valence-electron chi connectivity index (χ1n) is 3.80. The minimum atomic E-state index is -0.475. The highest BCUT2D eigenvalue weighted by molar-refractivity contribution is 6.33. The molecule has 2 heterocycles. The molecule has 0 aliphatic carbocycles. The molecule has 5 nitrogen and oxygen atoms in total. The molecule has 0 atom stereocenters. The van der Waals surface area contributed by atoms with Crippen LogP contribution in [0.1, 0.15) is 10.5 Å². The largest absolute Gasteiger partial charge is 0.464 e. The number of carbonyl (C=O) groups excluding carboxylic acids is 1. The lowest BCUT2D eigenvalue weighted by molar-refractivity contribution is 0.0591. The second kappa shape index (κ2) is 3.26. The molecule has 0 saturated carbocycles. The van der Waals surface area contributed by atoms with E-state index in [1.165, 1.54) is 24.0 Å². The van der Waals surface area contributed by atoms with Crippen LogP contribution in [0.4, 0.5) is 0 Å². The number of fused-ring (bicyclic) bond motifs is 1. The van der Waals surface area contributed by atoms with Crippen molar-refractivity contribution in [1.29, 1.82) is 0 Å². The lowest BCUT2D eigenvalue weighted by atomic mass is 10.3. The first kappa shape index (κ1) is 8.96. The topological polar surface area (TPSA) is 56.5 Å². The third kappa shape index (κ3) is 1.22. The molecular formula is C8H6ClN3O2. The van der Waals surface area contributed by atoms with Crippen LogP contribution in [0.3, 0.4) is 0 Å². The molecule has 0 aliphatic heterocycles. The van der Waals surface area contributed by atoms with E-state index in [9.17, 15) is 4.79 Å². The van der Waals surface area contributed by atoms with Crippen molar-refractivity contribution in [3.8, 4) is 0 Å². The van der Waals surface area contributed by atoms with Gasteiger partial charge in [0.15, 0.2) is 11.3 Å². The van der Waals surface area contributed by atoms with E-state index in [0.29, 0.717) is 16.4 Å². The Morgan fingerprint density at radius 2 is 2.36 bits per heavy atom. The van der Waals surface area contributed by atoms with Crippen LogP contribution in [0.5, 0.6) is 0 Å². The molecule has 0 N–H and O–H groups in total. The Balaban J connectivity index is 2.72. The first-order valence-corrected chi connectivity index (χ1v) is 4.18. The van der Waals surface area contributed by atoms with Crippen molar-refractivity contribution in [1.82, 2.24) is 14.6 Å². The number of carbonyl (C=O) groups is 1. The van der Waals surface area contributed by atoms with E-state index in [-0.39, 0.29) is 0 Å². The summed E-state index contributed by atoms with van der Waals surface area (Å²) in [6.07, 6.45) is 1.33. The summed E-state index contributed by atoms with van der Waals surface area (Å²) in [4.78, 5) is 15.2. The standard InChI is InChI=1S/C8H6ClN3O2/c1-14-8(13)6-3-2-5(9)7-10-4-11-12(6)7/h2-4H,1H3. The quantitative estimate of drug-likeness (QED) is 0.665. The lowest BCUT2D eigenvalue weighted by Crippen LogP contribution is -2.08. The van der Waals surface area contributed by atoms with Gasteiger partial charge in [-0.25, -0.2) is 14.3 Å². The van der Waals surface area contributed by atoms with E-state index >= 15 is 0 Å². The average molecular weight is 212 g/mol. The van der Waals surface area contributed by atoms with Gasteiger partial charge in [0.25, 0.3) is 0 Å². The predicted octanol–water partition coefficient (Wildman–Crippen LogP) is 1.17. The fourth-order valence-electron chi connectivity index (χ4n) is 1.14. The molecule has 0 spiro atoms. The van der Waals surface area contributed by atoms with E-state index < -0.39 is 5.97 Å². The highest BCUT2D eigenvalue weighted by Gasteiger charge is 2.13.